The van der Waals surface area contributed by atoms with E-state index in [1.54, 1.807) is 59.7 Å². The lowest BCUT2D eigenvalue weighted by molar-refractivity contribution is 0.0563. The number of benzene rings is 1. The number of hydrogen-bond donors (Lipinski definition) is 2. The molecule has 9 nitrogen and oxygen atoms in total. The molecule has 0 radical (unpaired) electrons. The monoisotopic (exact) mass is 474 g/mol. The molecule has 0 aliphatic carbocycles. The number of ether oxygens (including phenoxy) is 2. The van der Waals surface area contributed by atoms with Gasteiger partial charge in [0.25, 0.3) is 5.91 Å². The summed E-state index contributed by atoms with van der Waals surface area (Å²) < 4.78 is 10.8. The zero-order valence-electron chi connectivity index (χ0n) is 19.8. The van der Waals surface area contributed by atoms with Crippen LogP contribution in [0.4, 0.5) is 20.4 Å². The number of hydrogen-bond acceptors (Lipinski definition) is 8. The van der Waals surface area contributed by atoms with Crippen molar-refractivity contribution < 1.29 is 23.9 Å². The zero-order chi connectivity index (χ0) is 24.4. The van der Waals surface area contributed by atoms with E-state index in [2.05, 4.69) is 15.6 Å². The number of nitrogens with one attached hydrogen (secondary N) is 2. The lowest BCUT2D eigenvalue weighted by Crippen LogP contribution is -2.41. The van der Waals surface area contributed by atoms with Crippen molar-refractivity contribution in [3.63, 3.8) is 0 Å². The summed E-state index contributed by atoms with van der Waals surface area (Å²) in [6.45, 7) is 11.8. The van der Waals surface area contributed by atoms with Gasteiger partial charge in [0.15, 0.2) is 0 Å². The summed E-state index contributed by atoms with van der Waals surface area (Å²) >= 11 is 1.27. The van der Waals surface area contributed by atoms with Crippen LogP contribution in [0.1, 0.15) is 62.5 Å². The van der Waals surface area contributed by atoms with Gasteiger partial charge < -0.3 is 14.8 Å². The van der Waals surface area contributed by atoms with Crippen molar-refractivity contribution in [2.75, 3.05) is 16.8 Å². The highest BCUT2D eigenvalue weighted by Gasteiger charge is 2.34. The average molecular weight is 475 g/mol. The van der Waals surface area contributed by atoms with Crippen LogP contribution in [-0.2, 0) is 22.4 Å². The van der Waals surface area contributed by atoms with E-state index in [0.717, 1.165) is 22.0 Å². The van der Waals surface area contributed by atoms with E-state index in [0.29, 0.717) is 13.0 Å². The van der Waals surface area contributed by atoms with Crippen molar-refractivity contribution in [2.45, 2.75) is 65.7 Å². The van der Waals surface area contributed by atoms with E-state index >= 15 is 0 Å². The SMILES string of the molecule is CC(C)(C)OC(=O)Nc1ccccc1C(=O)N(C(=O)OC(C)(C)C)c1nc2c(s1)CNCC2. The Hall–Kier alpha value is -2.98. The molecule has 0 spiro atoms. The van der Waals surface area contributed by atoms with Crippen LogP contribution in [0.25, 0.3) is 0 Å². The number of imide groups is 1. The van der Waals surface area contributed by atoms with Crippen molar-refractivity contribution in [3.8, 4) is 0 Å². The molecule has 33 heavy (non-hydrogen) atoms. The number of anilines is 2. The Morgan fingerprint density at radius 1 is 1.06 bits per heavy atom. The molecule has 0 saturated heterocycles. The molecule has 0 bridgehead atoms. The van der Waals surface area contributed by atoms with Crippen LogP contribution in [0.2, 0.25) is 0 Å². The number of carbonyl (C=O) groups excluding carboxylic acids is 3. The molecule has 1 aromatic carbocycles. The largest absolute Gasteiger partial charge is 0.444 e. The Labute approximate surface area is 197 Å². The van der Waals surface area contributed by atoms with E-state index in [9.17, 15) is 14.4 Å². The first-order valence-electron chi connectivity index (χ1n) is 10.7. The van der Waals surface area contributed by atoms with Crippen LogP contribution >= 0.6 is 11.3 Å². The zero-order valence-corrected chi connectivity index (χ0v) is 20.6. The molecule has 0 fully saturated rings. The minimum Gasteiger partial charge on any atom is -0.444 e. The first kappa shape index (κ1) is 24.7. The van der Waals surface area contributed by atoms with Gasteiger partial charge in [-0.05, 0) is 53.7 Å². The maximum Gasteiger partial charge on any atom is 0.423 e. The van der Waals surface area contributed by atoms with Crippen molar-refractivity contribution in [3.05, 3.63) is 40.4 Å². The molecule has 2 aromatic rings. The third-order valence-corrected chi connectivity index (χ3v) is 5.44. The third-order valence-electron chi connectivity index (χ3n) is 4.35. The second-order valence-corrected chi connectivity index (χ2v) is 10.6. The molecule has 0 saturated carbocycles. The number of thiazole rings is 1. The lowest BCUT2D eigenvalue weighted by atomic mass is 10.1. The Kier molecular flexibility index (Phi) is 7.08. The van der Waals surface area contributed by atoms with Crippen LogP contribution in [0.15, 0.2) is 24.3 Å². The molecule has 3 amide bonds. The maximum absolute atomic E-state index is 13.7. The lowest BCUT2D eigenvalue weighted by Gasteiger charge is -2.25. The van der Waals surface area contributed by atoms with E-state index in [-0.39, 0.29) is 16.4 Å². The molecule has 2 N–H and O–H groups in total. The summed E-state index contributed by atoms with van der Waals surface area (Å²) in [5.41, 5.74) is -0.342. The summed E-state index contributed by atoms with van der Waals surface area (Å²) in [5, 5.41) is 6.09. The Morgan fingerprint density at radius 3 is 2.36 bits per heavy atom. The van der Waals surface area contributed by atoms with Gasteiger partial charge in [0.05, 0.1) is 16.9 Å². The topological polar surface area (TPSA) is 110 Å². The number of nitrogens with zero attached hydrogens (tertiary/aromatic N) is 2. The van der Waals surface area contributed by atoms with Crippen molar-refractivity contribution in [2.24, 2.45) is 0 Å². The predicted octanol–water partition coefficient (Wildman–Crippen LogP) is 4.72. The smallest absolute Gasteiger partial charge is 0.423 e. The van der Waals surface area contributed by atoms with Crippen LogP contribution < -0.4 is 15.5 Å². The predicted molar refractivity (Wildman–Crippen MR) is 127 cm³/mol. The molecule has 178 valence electrons. The van der Waals surface area contributed by atoms with Crippen LogP contribution in [0.3, 0.4) is 0 Å². The summed E-state index contributed by atoms with van der Waals surface area (Å²) in [6.07, 6.45) is -0.833. The second kappa shape index (κ2) is 9.48. The highest BCUT2D eigenvalue weighted by Crippen LogP contribution is 2.32. The molecule has 1 aliphatic rings. The van der Waals surface area contributed by atoms with Crippen LogP contribution in [0.5, 0.6) is 0 Å². The van der Waals surface area contributed by atoms with Gasteiger partial charge in [-0.1, -0.05) is 23.5 Å². The van der Waals surface area contributed by atoms with Crippen LogP contribution in [0, 0.1) is 0 Å². The van der Waals surface area contributed by atoms with E-state index in [1.165, 1.54) is 17.4 Å². The number of carbonyl (C=O) groups is 3. The number of para-hydroxylation sites is 1. The van der Waals surface area contributed by atoms with Gasteiger partial charge >= 0.3 is 12.2 Å². The van der Waals surface area contributed by atoms with Crippen molar-refractivity contribution in [1.82, 2.24) is 10.3 Å². The van der Waals surface area contributed by atoms with E-state index in [4.69, 9.17) is 9.47 Å². The van der Waals surface area contributed by atoms with Gasteiger partial charge in [-0.2, -0.15) is 4.90 Å². The molecule has 3 rings (SSSR count). The van der Waals surface area contributed by atoms with Crippen molar-refractivity contribution in [1.29, 1.82) is 0 Å². The first-order chi connectivity index (χ1) is 15.3. The fraction of sp³-hybridized carbons (Fsp3) is 0.478. The highest BCUT2D eigenvalue weighted by atomic mass is 32.1. The first-order valence-corrected chi connectivity index (χ1v) is 11.5. The maximum atomic E-state index is 13.7. The van der Waals surface area contributed by atoms with Gasteiger partial charge in [0, 0.05) is 24.4 Å². The fourth-order valence-electron chi connectivity index (χ4n) is 3.08. The summed E-state index contributed by atoms with van der Waals surface area (Å²) in [6, 6.07) is 6.43. The average Bonchev–Trinajstić information content (AvgIpc) is 3.08. The molecule has 1 aromatic heterocycles. The fourth-order valence-corrected chi connectivity index (χ4v) is 4.14. The molecule has 2 heterocycles. The molecule has 0 atom stereocenters. The Balaban J connectivity index is 1.98. The van der Waals surface area contributed by atoms with E-state index in [1.807, 2.05) is 0 Å². The molecule has 1 aliphatic heterocycles. The highest BCUT2D eigenvalue weighted by molar-refractivity contribution is 7.16. The van der Waals surface area contributed by atoms with E-state index < -0.39 is 29.3 Å². The van der Waals surface area contributed by atoms with Gasteiger partial charge in [-0.25, -0.2) is 14.6 Å². The molecule has 0 unspecified atom stereocenters. The number of aromatic nitrogens is 1. The summed E-state index contributed by atoms with van der Waals surface area (Å²) in [4.78, 5) is 45.6. The van der Waals surface area contributed by atoms with Crippen LogP contribution in [-0.4, -0.2) is 40.8 Å². The third kappa shape index (κ3) is 6.52. The minimum absolute atomic E-state index is 0.112. The number of rotatable bonds is 3. The van der Waals surface area contributed by atoms with Gasteiger partial charge in [-0.15, -0.1) is 0 Å². The normalized spacial score (nSPS) is 13.6. The van der Waals surface area contributed by atoms with Gasteiger partial charge in [-0.3, -0.25) is 10.1 Å². The Bertz CT molecular complexity index is 1030. The standard InChI is InChI=1S/C23H30N4O5S/c1-22(2,3)31-20(29)26-15-10-8-7-9-14(15)18(28)27(21(30)32-23(4,5)6)19-25-16-11-12-24-13-17(16)33-19/h7-10,24H,11-13H2,1-6H3,(H,26,29). The number of fused-ring (bicyclic) bond motifs is 1. The molecular weight excluding hydrogens is 444 g/mol. The second-order valence-electron chi connectivity index (χ2n) is 9.59. The van der Waals surface area contributed by atoms with Crippen molar-refractivity contribution >= 4 is 40.2 Å². The minimum atomic E-state index is -0.835. The summed E-state index contributed by atoms with van der Waals surface area (Å²) in [7, 11) is 0. The van der Waals surface area contributed by atoms with Gasteiger partial charge in [0.1, 0.15) is 11.2 Å². The molecule has 10 heteroatoms. The number of amides is 3. The Morgan fingerprint density at radius 2 is 1.73 bits per heavy atom. The molecular formula is C23H30N4O5S. The summed E-state index contributed by atoms with van der Waals surface area (Å²) in [5.74, 6) is -0.657. The quantitative estimate of drug-likeness (QED) is 0.662. The van der Waals surface area contributed by atoms with Gasteiger partial charge in [0.2, 0.25) is 5.13 Å².